The van der Waals surface area contributed by atoms with Gasteiger partial charge in [-0.3, -0.25) is 9.69 Å². The molecule has 1 saturated heterocycles. The molecule has 2 atom stereocenters. The van der Waals surface area contributed by atoms with Crippen LogP contribution in [0.1, 0.15) is 40.0 Å². The number of nitrogens with one attached hydrogen (secondary N) is 1. The highest BCUT2D eigenvalue weighted by Gasteiger charge is 2.51. The van der Waals surface area contributed by atoms with Crippen molar-refractivity contribution in [2.24, 2.45) is 0 Å². The fourth-order valence-corrected chi connectivity index (χ4v) is 5.61. The number of carbonyl (C=O) groups excluding carboxylic acids is 2. The minimum Gasteiger partial charge on any atom is -0.444 e. The third kappa shape index (κ3) is 4.77. The molecule has 1 aromatic carbocycles. The zero-order valence-corrected chi connectivity index (χ0v) is 20.1. The van der Waals surface area contributed by atoms with Crippen LogP contribution in [-0.2, 0) is 19.4 Å². The minimum absolute atomic E-state index is 0.0851. The van der Waals surface area contributed by atoms with E-state index in [2.05, 4.69) is 16.4 Å². The fraction of sp³-hybridized carbons (Fsp3) is 0.478. The van der Waals surface area contributed by atoms with Gasteiger partial charge in [0.25, 0.3) is 0 Å². The predicted octanol–water partition coefficient (Wildman–Crippen LogP) is 2.20. The van der Waals surface area contributed by atoms with Crippen LogP contribution in [0.4, 0.5) is 4.79 Å². The molecule has 0 bridgehead atoms. The Morgan fingerprint density at radius 3 is 2.44 bits per heavy atom. The highest BCUT2D eigenvalue weighted by Crippen LogP contribution is 2.36. The number of carbonyl (C=O) groups is 2. The van der Waals surface area contributed by atoms with E-state index in [1.54, 1.807) is 56.2 Å². The first kappa shape index (κ1) is 23.8. The summed E-state index contributed by atoms with van der Waals surface area (Å²) in [6.45, 7) is 4.90. The molecule has 180 valence electrons. The highest BCUT2D eigenvalue weighted by molar-refractivity contribution is 7.92. The molecule has 11 heteroatoms. The van der Waals surface area contributed by atoms with E-state index in [-0.39, 0.29) is 17.9 Å². The lowest BCUT2D eigenvalue weighted by Crippen LogP contribution is -2.50. The van der Waals surface area contributed by atoms with E-state index in [0.29, 0.717) is 12.8 Å². The molecule has 2 aromatic rings. The van der Waals surface area contributed by atoms with E-state index in [1.165, 1.54) is 12.1 Å². The Kier molecular flexibility index (Phi) is 5.89. The molecule has 4 rings (SSSR count). The van der Waals surface area contributed by atoms with Gasteiger partial charge in [0.1, 0.15) is 17.2 Å². The molecule has 1 aliphatic carbocycles. The van der Waals surface area contributed by atoms with Gasteiger partial charge in [-0.05, 0) is 64.3 Å². The molecule has 0 unspecified atom stereocenters. The first-order valence-corrected chi connectivity index (χ1v) is 12.5. The SMILES string of the molecule is CC(C)(C)OC(=O)N1C[C@H](S(=O)(=O)c2ccc(-n3ccnc3)cc2)C[C@H]1C(=O)NC1(C#N)CC1. The Bertz CT molecular complexity index is 1220. The van der Waals surface area contributed by atoms with Crippen LogP contribution in [-0.4, -0.2) is 63.8 Å². The molecule has 2 aliphatic rings. The van der Waals surface area contributed by atoms with Gasteiger partial charge in [0.05, 0.1) is 22.5 Å². The molecule has 2 heterocycles. The number of rotatable bonds is 5. The van der Waals surface area contributed by atoms with Crippen molar-refractivity contribution >= 4 is 21.8 Å². The van der Waals surface area contributed by atoms with Crippen molar-refractivity contribution in [1.82, 2.24) is 19.8 Å². The Labute approximate surface area is 198 Å². The van der Waals surface area contributed by atoms with E-state index in [9.17, 15) is 23.3 Å². The molecule has 10 nitrogen and oxygen atoms in total. The monoisotopic (exact) mass is 485 g/mol. The molecule has 1 N–H and O–H groups in total. The largest absolute Gasteiger partial charge is 0.444 e. The topological polar surface area (TPSA) is 134 Å². The average molecular weight is 486 g/mol. The van der Waals surface area contributed by atoms with Crippen LogP contribution in [0.3, 0.4) is 0 Å². The summed E-state index contributed by atoms with van der Waals surface area (Å²) in [5.74, 6) is -0.543. The van der Waals surface area contributed by atoms with Gasteiger partial charge in [0.2, 0.25) is 5.91 Å². The molecule has 34 heavy (non-hydrogen) atoms. The molecule has 1 aliphatic heterocycles. The number of amides is 2. The van der Waals surface area contributed by atoms with E-state index in [1.807, 2.05) is 0 Å². The zero-order valence-electron chi connectivity index (χ0n) is 19.3. The highest BCUT2D eigenvalue weighted by atomic mass is 32.2. The predicted molar refractivity (Wildman–Crippen MR) is 122 cm³/mol. The maximum absolute atomic E-state index is 13.4. The van der Waals surface area contributed by atoms with Gasteiger partial charge < -0.3 is 14.6 Å². The van der Waals surface area contributed by atoms with Crippen molar-refractivity contribution in [2.75, 3.05) is 6.54 Å². The number of aromatic nitrogens is 2. The summed E-state index contributed by atoms with van der Waals surface area (Å²) >= 11 is 0. The second-order valence-corrected chi connectivity index (χ2v) is 11.9. The van der Waals surface area contributed by atoms with Crippen LogP contribution in [0, 0.1) is 11.3 Å². The summed E-state index contributed by atoms with van der Waals surface area (Å²) in [7, 11) is -3.85. The van der Waals surface area contributed by atoms with E-state index < -0.39 is 44.3 Å². The molecule has 0 spiro atoms. The van der Waals surface area contributed by atoms with Crippen LogP contribution in [0.25, 0.3) is 5.69 Å². The first-order chi connectivity index (χ1) is 15.9. The van der Waals surface area contributed by atoms with Crippen molar-refractivity contribution in [3.8, 4) is 11.8 Å². The first-order valence-electron chi connectivity index (χ1n) is 11.0. The number of hydrogen-bond donors (Lipinski definition) is 1. The number of sulfone groups is 1. The Morgan fingerprint density at radius 1 is 1.24 bits per heavy atom. The quantitative estimate of drug-likeness (QED) is 0.686. The smallest absolute Gasteiger partial charge is 0.411 e. The number of ether oxygens (including phenoxy) is 1. The summed E-state index contributed by atoms with van der Waals surface area (Å²) in [5, 5.41) is 11.0. The summed E-state index contributed by atoms with van der Waals surface area (Å²) in [5.41, 5.74) is -0.999. The lowest BCUT2D eigenvalue weighted by atomic mass is 10.2. The molecular weight excluding hydrogens is 458 g/mol. The average Bonchev–Trinajstić information content (AvgIpc) is 3.19. The molecule has 2 fully saturated rings. The third-order valence-electron chi connectivity index (χ3n) is 5.93. The van der Waals surface area contributed by atoms with Crippen molar-refractivity contribution in [2.45, 2.75) is 67.4 Å². The van der Waals surface area contributed by atoms with Crippen molar-refractivity contribution < 1.29 is 22.7 Å². The second-order valence-electron chi connectivity index (χ2n) is 9.70. The maximum atomic E-state index is 13.4. The number of likely N-dealkylation sites (tertiary alicyclic amines) is 1. The summed E-state index contributed by atoms with van der Waals surface area (Å²) < 4.78 is 34.0. The number of benzene rings is 1. The lowest BCUT2D eigenvalue weighted by Gasteiger charge is -2.28. The fourth-order valence-electron chi connectivity index (χ4n) is 3.91. The van der Waals surface area contributed by atoms with Gasteiger partial charge in [-0.25, -0.2) is 18.2 Å². The third-order valence-corrected chi connectivity index (χ3v) is 8.07. The minimum atomic E-state index is -3.85. The van der Waals surface area contributed by atoms with Gasteiger partial charge in [0.15, 0.2) is 9.84 Å². The van der Waals surface area contributed by atoms with Gasteiger partial charge in [-0.15, -0.1) is 0 Å². The van der Waals surface area contributed by atoms with Gasteiger partial charge >= 0.3 is 6.09 Å². The zero-order chi connectivity index (χ0) is 24.7. The van der Waals surface area contributed by atoms with E-state index in [0.717, 1.165) is 10.6 Å². The standard InChI is InChI=1S/C23H27N5O5S/c1-22(2,3)33-21(30)28-13-18(12-19(28)20(29)26-23(14-24)8-9-23)34(31,32)17-6-4-16(5-7-17)27-11-10-25-15-27/h4-7,10-11,15,18-19H,8-9,12-13H2,1-3H3,(H,26,29)/t18-,19+/m1/s1. The Hall–Kier alpha value is -3.39. The maximum Gasteiger partial charge on any atom is 0.411 e. The number of hydrogen-bond acceptors (Lipinski definition) is 7. The Balaban J connectivity index is 1.58. The normalized spacial score (nSPS) is 21.5. The summed E-state index contributed by atoms with van der Waals surface area (Å²) in [6.07, 6.45) is 5.18. The van der Waals surface area contributed by atoms with Gasteiger partial charge in [-0.2, -0.15) is 5.26 Å². The molecule has 2 amide bonds. The van der Waals surface area contributed by atoms with Crippen molar-refractivity contribution in [3.63, 3.8) is 0 Å². The van der Waals surface area contributed by atoms with Crippen LogP contribution in [0.15, 0.2) is 47.9 Å². The van der Waals surface area contributed by atoms with E-state index in [4.69, 9.17) is 4.74 Å². The van der Waals surface area contributed by atoms with E-state index >= 15 is 0 Å². The number of nitriles is 1. The lowest BCUT2D eigenvalue weighted by molar-refractivity contribution is -0.126. The summed E-state index contributed by atoms with van der Waals surface area (Å²) in [4.78, 5) is 31.1. The number of nitrogens with zero attached hydrogens (tertiary/aromatic N) is 4. The van der Waals surface area contributed by atoms with Crippen LogP contribution < -0.4 is 5.32 Å². The molecule has 0 radical (unpaired) electrons. The second kappa shape index (κ2) is 8.43. The molecule has 1 saturated carbocycles. The Morgan fingerprint density at radius 2 is 1.91 bits per heavy atom. The summed E-state index contributed by atoms with van der Waals surface area (Å²) in [6, 6.07) is 7.38. The van der Waals surface area contributed by atoms with Gasteiger partial charge in [0, 0.05) is 24.6 Å². The van der Waals surface area contributed by atoms with Crippen LogP contribution in [0.5, 0.6) is 0 Å². The van der Waals surface area contributed by atoms with Gasteiger partial charge in [-0.1, -0.05) is 0 Å². The number of imidazole rings is 1. The molecule has 1 aromatic heterocycles. The van der Waals surface area contributed by atoms with Crippen molar-refractivity contribution in [3.05, 3.63) is 43.0 Å². The molecular formula is C23H27N5O5S. The van der Waals surface area contributed by atoms with Crippen LogP contribution >= 0.6 is 0 Å². The van der Waals surface area contributed by atoms with Crippen molar-refractivity contribution in [1.29, 1.82) is 5.26 Å². The van der Waals surface area contributed by atoms with Crippen LogP contribution in [0.2, 0.25) is 0 Å².